The molecule has 0 atom stereocenters. The molecule has 112 valence electrons. The van der Waals surface area contributed by atoms with Gasteiger partial charge in [0.25, 0.3) is 0 Å². The average Bonchev–Trinajstić information content (AvgIpc) is 2.56. The summed E-state index contributed by atoms with van der Waals surface area (Å²) in [7, 11) is -0.675. The second kappa shape index (κ2) is 9.71. The summed E-state index contributed by atoms with van der Waals surface area (Å²) >= 11 is 0. The molecule has 21 heavy (non-hydrogen) atoms. The highest BCUT2D eigenvalue weighted by Gasteiger charge is 2.14. The second-order valence-electron chi connectivity index (χ2n) is 5.21. The van der Waals surface area contributed by atoms with Crippen molar-refractivity contribution in [3.63, 3.8) is 0 Å². The summed E-state index contributed by atoms with van der Waals surface area (Å²) in [6.07, 6.45) is 6.40. The zero-order valence-corrected chi connectivity index (χ0v) is 13.8. The molecule has 0 amide bonds. The van der Waals surface area contributed by atoms with Crippen molar-refractivity contribution >= 4 is 18.8 Å². The molecule has 2 heteroatoms. The van der Waals surface area contributed by atoms with E-state index >= 15 is 0 Å². The summed E-state index contributed by atoms with van der Waals surface area (Å²) in [6, 6.07) is 21.2. The Morgan fingerprint density at radius 3 is 1.76 bits per heavy atom. The van der Waals surface area contributed by atoms with Crippen molar-refractivity contribution in [2.75, 3.05) is 6.61 Å². The molecule has 2 aromatic rings. The zero-order chi connectivity index (χ0) is 14.8. The summed E-state index contributed by atoms with van der Waals surface area (Å²) in [5.74, 6) is 0. The lowest BCUT2D eigenvalue weighted by Crippen LogP contribution is -2.14. The third-order valence-electron chi connectivity index (χ3n) is 3.45. The molecule has 0 bridgehead atoms. The monoisotopic (exact) mass is 300 g/mol. The molecular weight excluding hydrogens is 275 g/mol. The molecule has 0 radical (unpaired) electrons. The Bertz CT molecular complexity index is 444. The van der Waals surface area contributed by atoms with Crippen LogP contribution in [0.5, 0.6) is 0 Å². The minimum Gasteiger partial charge on any atom is -0.350 e. The first-order valence-corrected chi connectivity index (χ1v) is 9.21. The third kappa shape index (κ3) is 5.61. The molecule has 0 heterocycles. The molecule has 0 saturated heterocycles. The topological polar surface area (TPSA) is 9.23 Å². The van der Waals surface area contributed by atoms with Gasteiger partial charge in [-0.1, -0.05) is 93.3 Å². The van der Waals surface area contributed by atoms with Gasteiger partial charge in [0.1, 0.15) is 0 Å². The lowest BCUT2D eigenvalue weighted by molar-refractivity contribution is 0.343. The van der Waals surface area contributed by atoms with E-state index in [1.807, 2.05) is 0 Å². The minimum atomic E-state index is -0.675. The maximum Gasteiger partial charge on any atom is 0.0917 e. The second-order valence-corrected chi connectivity index (χ2v) is 7.09. The fraction of sp³-hybridized carbons (Fsp3) is 0.368. The highest BCUT2D eigenvalue weighted by molar-refractivity contribution is 7.68. The summed E-state index contributed by atoms with van der Waals surface area (Å²) < 4.78 is 6.26. The van der Waals surface area contributed by atoms with Gasteiger partial charge in [0, 0.05) is 10.6 Å². The molecule has 0 spiro atoms. The third-order valence-corrected chi connectivity index (χ3v) is 5.42. The van der Waals surface area contributed by atoms with E-state index in [1.54, 1.807) is 0 Å². The van der Waals surface area contributed by atoms with Crippen molar-refractivity contribution in [3.8, 4) is 0 Å². The molecule has 1 nitrogen and oxygen atoms in total. The van der Waals surface area contributed by atoms with Crippen LogP contribution in [0.1, 0.15) is 39.0 Å². The fourth-order valence-electron chi connectivity index (χ4n) is 2.29. The van der Waals surface area contributed by atoms with Gasteiger partial charge >= 0.3 is 0 Å². The van der Waals surface area contributed by atoms with Crippen LogP contribution in [-0.4, -0.2) is 6.61 Å². The van der Waals surface area contributed by atoms with Crippen LogP contribution in [0.4, 0.5) is 0 Å². The highest BCUT2D eigenvalue weighted by Crippen LogP contribution is 2.34. The fourth-order valence-corrected chi connectivity index (χ4v) is 4.08. The highest BCUT2D eigenvalue weighted by atomic mass is 31.1. The first kappa shape index (κ1) is 16.2. The van der Waals surface area contributed by atoms with Crippen LogP contribution < -0.4 is 10.6 Å². The van der Waals surface area contributed by atoms with Gasteiger partial charge in [-0.3, -0.25) is 0 Å². The van der Waals surface area contributed by atoms with Crippen molar-refractivity contribution < 1.29 is 4.52 Å². The van der Waals surface area contributed by atoms with E-state index in [0.717, 1.165) is 6.61 Å². The van der Waals surface area contributed by atoms with Gasteiger partial charge in [0.15, 0.2) is 0 Å². The first-order chi connectivity index (χ1) is 10.4. The minimum absolute atomic E-state index is 0.675. The van der Waals surface area contributed by atoms with Crippen LogP contribution in [0.25, 0.3) is 0 Å². The van der Waals surface area contributed by atoms with Crippen molar-refractivity contribution in [3.05, 3.63) is 60.7 Å². The molecule has 2 aromatic carbocycles. The van der Waals surface area contributed by atoms with E-state index < -0.39 is 8.15 Å². The molecular formula is C19H25OP. The first-order valence-electron chi connectivity index (χ1n) is 7.95. The van der Waals surface area contributed by atoms with Crippen LogP contribution in [0, 0.1) is 0 Å². The Balaban J connectivity index is 1.94. The van der Waals surface area contributed by atoms with Crippen molar-refractivity contribution in [2.24, 2.45) is 0 Å². The Kier molecular flexibility index (Phi) is 7.49. The number of rotatable bonds is 9. The number of unbranched alkanes of at least 4 members (excludes halogenated alkanes) is 4. The van der Waals surface area contributed by atoms with Crippen LogP contribution >= 0.6 is 8.15 Å². The predicted octanol–water partition coefficient (Wildman–Crippen LogP) is 5.02. The smallest absolute Gasteiger partial charge is 0.0917 e. The van der Waals surface area contributed by atoms with E-state index in [2.05, 4.69) is 67.6 Å². The largest absolute Gasteiger partial charge is 0.350 e. The normalized spacial score (nSPS) is 11.0. The molecule has 0 aliphatic carbocycles. The van der Waals surface area contributed by atoms with Crippen LogP contribution in [-0.2, 0) is 4.52 Å². The summed E-state index contributed by atoms with van der Waals surface area (Å²) in [6.45, 7) is 3.11. The summed E-state index contributed by atoms with van der Waals surface area (Å²) in [5.41, 5.74) is 0. The summed E-state index contributed by atoms with van der Waals surface area (Å²) in [5, 5.41) is 2.60. The lowest BCUT2D eigenvalue weighted by atomic mass is 10.2. The number of hydrogen-bond donors (Lipinski definition) is 0. The Morgan fingerprint density at radius 1 is 0.714 bits per heavy atom. The Morgan fingerprint density at radius 2 is 1.24 bits per heavy atom. The molecule has 0 saturated carbocycles. The quantitative estimate of drug-likeness (QED) is 0.466. The van der Waals surface area contributed by atoms with Crippen molar-refractivity contribution in [1.82, 2.24) is 0 Å². The van der Waals surface area contributed by atoms with Crippen LogP contribution in [0.3, 0.4) is 0 Å². The van der Waals surface area contributed by atoms with Gasteiger partial charge in [-0.05, 0) is 6.42 Å². The van der Waals surface area contributed by atoms with Gasteiger partial charge in [0.05, 0.1) is 14.8 Å². The van der Waals surface area contributed by atoms with Gasteiger partial charge < -0.3 is 4.52 Å². The van der Waals surface area contributed by atoms with Gasteiger partial charge in [0.2, 0.25) is 0 Å². The number of hydrogen-bond acceptors (Lipinski definition) is 1. The van der Waals surface area contributed by atoms with E-state index in [0.29, 0.717) is 0 Å². The zero-order valence-electron chi connectivity index (χ0n) is 12.9. The van der Waals surface area contributed by atoms with E-state index in [9.17, 15) is 0 Å². The molecule has 0 unspecified atom stereocenters. The van der Waals surface area contributed by atoms with Crippen molar-refractivity contribution in [1.29, 1.82) is 0 Å². The maximum absolute atomic E-state index is 6.26. The molecule has 0 fully saturated rings. The van der Waals surface area contributed by atoms with Crippen molar-refractivity contribution in [2.45, 2.75) is 39.0 Å². The van der Waals surface area contributed by atoms with Crippen LogP contribution in [0.2, 0.25) is 0 Å². The molecule has 0 aromatic heterocycles. The molecule has 0 aliphatic rings. The maximum atomic E-state index is 6.26. The Hall–Kier alpha value is -1.17. The Labute approximate surface area is 130 Å². The SMILES string of the molecule is CCCCCCCOP(c1ccccc1)c1ccccc1. The van der Waals surface area contributed by atoms with Gasteiger partial charge in [-0.2, -0.15) is 0 Å². The molecule has 0 N–H and O–H groups in total. The predicted molar refractivity (Wildman–Crippen MR) is 93.8 cm³/mol. The molecule has 2 rings (SSSR count). The summed E-state index contributed by atoms with van der Waals surface area (Å²) in [4.78, 5) is 0. The standard InChI is InChI=1S/C19H25OP/c1-2-3-4-5-12-17-20-21(18-13-8-6-9-14-18)19-15-10-7-11-16-19/h6-11,13-16H,2-5,12,17H2,1H3. The number of benzene rings is 2. The van der Waals surface area contributed by atoms with E-state index in [-0.39, 0.29) is 0 Å². The van der Waals surface area contributed by atoms with Gasteiger partial charge in [-0.25, -0.2) is 0 Å². The average molecular weight is 300 g/mol. The van der Waals surface area contributed by atoms with E-state index in [4.69, 9.17) is 4.52 Å². The molecule has 0 aliphatic heterocycles. The van der Waals surface area contributed by atoms with Crippen LogP contribution in [0.15, 0.2) is 60.7 Å². The van der Waals surface area contributed by atoms with Gasteiger partial charge in [-0.15, -0.1) is 0 Å². The van der Waals surface area contributed by atoms with E-state index in [1.165, 1.54) is 42.7 Å². The lowest BCUT2D eigenvalue weighted by Gasteiger charge is -2.18.